The lowest BCUT2D eigenvalue weighted by Gasteiger charge is -2.30. The number of anilines is 2. The third-order valence-electron chi connectivity index (χ3n) is 5.70. The van der Waals surface area contributed by atoms with Gasteiger partial charge in [-0.3, -0.25) is 9.69 Å². The summed E-state index contributed by atoms with van der Waals surface area (Å²) in [4.78, 5) is 32.4. The van der Waals surface area contributed by atoms with Gasteiger partial charge < -0.3 is 15.2 Å². The highest BCUT2D eigenvalue weighted by molar-refractivity contribution is 7.14. The number of amides is 1. The molecule has 1 amide bonds. The van der Waals surface area contributed by atoms with E-state index in [1.54, 1.807) is 17.9 Å². The first kappa shape index (κ1) is 23.8. The fourth-order valence-corrected chi connectivity index (χ4v) is 4.72. The number of rotatable bonds is 10. The van der Waals surface area contributed by atoms with E-state index in [1.807, 2.05) is 23.8 Å². The van der Waals surface area contributed by atoms with Crippen molar-refractivity contribution in [1.29, 1.82) is 5.26 Å². The average molecular weight is 480 g/mol. The van der Waals surface area contributed by atoms with Gasteiger partial charge in [0.1, 0.15) is 17.3 Å². The number of nitrogens with zero attached hydrogens (tertiary/aromatic N) is 7. The maximum Gasteiger partial charge on any atom is 0.270 e. The van der Waals surface area contributed by atoms with Gasteiger partial charge in [-0.05, 0) is 39.2 Å². The minimum Gasteiger partial charge on any atom is -0.351 e. The number of piperidine rings is 1. The van der Waals surface area contributed by atoms with Crippen LogP contribution in [0.3, 0.4) is 0 Å². The molecular formula is C23H29N9OS. The minimum atomic E-state index is -0.175. The summed E-state index contributed by atoms with van der Waals surface area (Å²) in [5.41, 5.74) is 1.27. The predicted octanol–water partition coefficient (Wildman–Crippen LogP) is 3.09. The number of likely N-dealkylation sites (tertiary alicyclic amines) is 1. The van der Waals surface area contributed by atoms with E-state index >= 15 is 0 Å². The zero-order chi connectivity index (χ0) is 23.8. The topological polar surface area (TPSA) is 125 Å². The molecule has 178 valence electrons. The number of imidazole rings is 1. The molecular weight excluding hydrogens is 450 g/mol. The first-order chi connectivity index (χ1) is 16.6. The van der Waals surface area contributed by atoms with E-state index in [-0.39, 0.29) is 11.8 Å². The molecule has 1 aliphatic heterocycles. The number of nitriles is 1. The number of hydrogen-bond acceptors (Lipinski definition) is 9. The van der Waals surface area contributed by atoms with Crippen LogP contribution in [-0.2, 0) is 6.54 Å². The lowest BCUT2D eigenvalue weighted by molar-refractivity contribution is 0.0948. The quantitative estimate of drug-likeness (QED) is 0.336. The molecule has 11 heteroatoms. The highest BCUT2D eigenvalue weighted by Gasteiger charge is 2.24. The Labute approximate surface area is 203 Å². The third kappa shape index (κ3) is 6.59. The molecule has 1 fully saturated rings. The lowest BCUT2D eigenvalue weighted by atomic mass is 9.97. The highest BCUT2D eigenvalue weighted by Crippen LogP contribution is 2.27. The zero-order valence-electron chi connectivity index (χ0n) is 19.3. The zero-order valence-corrected chi connectivity index (χ0v) is 20.1. The van der Waals surface area contributed by atoms with Crippen molar-refractivity contribution in [3.8, 4) is 6.07 Å². The summed E-state index contributed by atoms with van der Waals surface area (Å²) >= 11 is 1.37. The third-order valence-corrected chi connectivity index (χ3v) is 6.45. The second-order valence-corrected chi connectivity index (χ2v) is 9.27. The second-order valence-electron chi connectivity index (χ2n) is 8.41. The molecule has 3 aromatic heterocycles. The number of hydrogen-bond donors (Lipinski definition) is 2. The van der Waals surface area contributed by atoms with E-state index in [2.05, 4.69) is 36.6 Å². The monoisotopic (exact) mass is 479 g/mol. The van der Waals surface area contributed by atoms with Gasteiger partial charge >= 0.3 is 0 Å². The van der Waals surface area contributed by atoms with E-state index in [0.717, 1.165) is 56.8 Å². The molecule has 1 saturated heterocycles. The van der Waals surface area contributed by atoms with E-state index in [4.69, 9.17) is 10.2 Å². The van der Waals surface area contributed by atoms with Crippen molar-refractivity contribution in [1.82, 2.24) is 34.7 Å². The Kier molecular flexibility index (Phi) is 8.17. The maximum absolute atomic E-state index is 12.4. The van der Waals surface area contributed by atoms with Gasteiger partial charge in [0.15, 0.2) is 5.13 Å². The number of carbonyl (C=O) groups excluding carboxylic acids is 1. The van der Waals surface area contributed by atoms with Crippen LogP contribution >= 0.6 is 11.3 Å². The van der Waals surface area contributed by atoms with Gasteiger partial charge in [-0.1, -0.05) is 0 Å². The summed E-state index contributed by atoms with van der Waals surface area (Å²) in [6, 6.07) is 4.11. The fraction of sp³-hybridized carbons (Fsp3) is 0.478. The number of aryl methyl sites for hydroxylation is 2. The Morgan fingerprint density at radius 3 is 3.06 bits per heavy atom. The standard InChI is InChI=1S/C23H29N9OS/c1-17-13-20(29-21(27-17)18-5-4-10-31(14-18)11-6-24)30-23-28-19(15-34-23)22(33)26-7-2-3-9-32-12-8-25-16-32/h8,12-13,15-16,18H,2-5,7,9-11,14H2,1H3,(H,26,33)(H,27,28,29,30). The Balaban J connectivity index is 1.30. The van der Waals surface area contributed by atoms with Crippen LogP contribution in [0.5, 0.6) is 0 Å². The predicted molar refractivity (Wildman–Crippen MR) is 130 cm³/mol. The number of unbranched alkanes of at least 4 members (excludes halogenated alkanes) is 1. The van der Waals surface area contributed by atoms with Gasteiger partial charge in [0, 0.05) is 55.1 Å². The molecule has 0 saturated carbocycles. The molecule has 4 heterocycles. The normalized spacial score (nSPS) is 16.2. The molecule has 0 aromatic carbocycles. The first-order valence-corrected chi connectivity index (χ1v) is 12.4. The summed E-state index contributed by atoms with van der Waals surface area (Å²) in [6.07, 6.45) is 9.38. The molecule has 0 aliphatic carbocycles. The van der Waals surface area contributed by atoms with Crippen molar-refractivity contribution in [3.63, 3.8) is 0 Å². The lowest BCUT2D eigenvalue weighted by Crippen LogP contribution is -2.35. The Bertz CT molecular complexity index is 1120. The highest BCUT2D eigenvalue weighted by atomic mass is 32.1. The van der Waals surface area contributed by atoms with E-state index < -0.39 is 0 Å². The molecule has 34 heavy (non-hydrogen) atoms. The van der Waals surface area contributed by atoms with Gasteiger partial charge in [0.05, 0.1) is 18.9 Å². The van der Waals surface area contributed by atoms with Gasteiger partial charge in [0.2, 0.25) is 0 Å². The number of aromatic nitrogens is 5. The van der Waals surface area contributed by atoms with Crippen molar-refractivity contribution < 1.29 is 4.79 Å². The van der Waals surface area contributed by atoms with Crippen LogP contribution in [0.4, 0.5) is 10.9 Å². The summed E-state index contributed by atoms with van der Waals surface area (Å²) in [7, 11) is 0. The largest absolute Gasteiger partial charge is 0.351 e. The number of carbonyl (C=O) groups is 1. The van der Waals surface area contributed by atoms with Crippen molar-refractivity contribution in [2.75, 3.05) is 31.5 Å². The molecule has 4 rings (SSSR count). The SMILES string of the molecule is Cc1cc(Nc2nc(C(=O)NCCCCn3ccnc3)cs2)nc(C2CCCN(CC#N)C2)n1. The van der Waals surface area contributed by atoms with Crippen molar-refractivity contribution in [2.45, 2.75) is 45.1 Å². The molecule has 0 bridgehead atoms. The van der Waals surface area contributed by atoms with Crippen molar-refractivity contribution in [2.24, 2.45) is 0 Å². The summed E-state index contributed by atoms with van der Waals surface area (Å²) in [5.74, 6) is 1.48. The van der Waals surface area contributed by atoms with Gasteiger partial charge in [-0.15, -0.1) is 11.3 Å². The second kappa shape index (κ2) is 11.7. The summed E-state index contributed by atoms with van der Waals surface area (Å²) in [5, 5.41) is 17.5. The molecule has 1 unspecified atom stereocenters. The minimum absolute atomic E-state index is 0.175. The fourth-order valence-electron chi connectivity index (χ4n) is 4.02. The van der Waals surface area contributed by atoms with E-state index in [9.17, 15) is 4.79 Å². The van der Waals surface area contributed by atoms with Crippen LogP contribution < -0.4 is 10.6 Å². The van der Waals surface area contributed by atoms with Crippen molar-refractivity contribution in [3.05, 3.63) is 47.4 Å². The van der Waals surface area contributed by atoms with Crippen LogP contribution in [0.2, 0.25) is 0 Å². The van der Waals surface area contributed by atoms with E-state index in [0.29, 0.717) is 29.7 Å². The molecule has 2 N–H and O–H groups in total. The molecule has 3 aromatic rings. The smallest absolute Gasteiger partial charge is 0.270 e. The van der Waals surface area contributed by atoms with Gasteiger partial charge in [0.25, 0.3) is 5.91 Å². The van der Waals surface area contributed by atoms with Crippen LogP contribution in [-0.4, -0.2) is 61.5 Å². The van der Waals surface area contributed by atoms with Crippen LogP contribution in [0.25, 0.3) is 0 Å². The van der Waals surface area contributed by atoms with Crippen molar-refractivity contribution >= 4 is 28.2 Å². The van der Waals surface area contributed by atoms with Crippen LogP contribution in [0.15, 0.2) is 30.2 Å². The molecule has 10 nitrogen and oxygen atoms in total. The average Bonchev–Trinajstić information content (AvgIpc) is 3.51. The van der Waals surface area contributed by atoms with Crippen LogP contribution in [0.1, 0.15) is 53.6 Å². The maximum atomic E-state index is 12.4. The Hall–Kier alpha value is -3.36. The first-order valence-electron chi connectivity index (χ1n) is 11.5. The summed E-state index contributed by atoms with van der Waals surface area (Å²) < 4.78 is 2.02. The molecule has 1 aliphatic rings. The Morgan fingerprint density at radius 1 is 1.32 bits per heavy atom. The van der Waals surface area contributed by atoms with Gasteiger partial charge in [-0.25, -0.2) is 19.9 Å². The summed E-state index contributed by atoms with van der Waals surface area (Å²) in [6.45, 7) is 5.60. The molecule has 0 spiro atoms. The molecule has 0 radical (unpaired) electrons. The van der Waals surface area contributed by atoms with Crippen LogP contribution in [0, 0.1) is 18.3 Å². The van der Waals surface area contributed by atoms with Gasteiger partial charge in [-0.2, -0.15) is 5.26 Å². The number of thiazole rings is 1. The van der Waals surface area contributed by atoms with E-state index in [1.165, 1.54) is 11.3 Å². The molecule has 1 atom stereocenters. The number of nitrogens with one attached hydrogen (secondary N) is 2. The Morgan fingerprint density at radius 2 is 2.24 bits per heavy atom.